The van der Waals surface area contributed by atoms with E-state index >= 15 is 0 Å². The number of phenolic OH excluding ortho intramolecular Hbond substituents is 1. The van der Waals surface area contributed by atoms with Gasteiger partial charge in [-0.15, -0.1) is 5.11 Å². The number of benzene rings is 4. The second-order valence-corrected chi connectivity index (χ2v) is 11.4. The lowest BCUT2D eigenvalue weighted by Crippen LogP contribution is -2.13. The normalized spacial score (nSPS) is 12.3. The van der Waals surface area contributed by atoms with E-state index in [1.807, 2.05) is 0 Å². The summed E-state index contributed by atoms with van der Waals surface area (Å²) in [6.45, 7) is 1.72. The predicted molar refractivity (Wildman–Crippen MR) is 131 cm³/mol. The summed E-state index contributed by atoms with van der Waals surface area (Å²) in [5, 5.41) is 19.7. The minimum Gasteiger partial charge on any atom is -0.507 e. The molecular weight excluding hydrogens is 474 g/mol. The summed E-state index contributed by atoms with van der Waals surface area (Å²) in [4.78, 5) is 0.272. The third kappa shape index (κ3) is 4.78. The number of hydrogen-bond donors (Lipinski definition) is 2. The van der Waals surface area contributed by atoms with Gasteiger partial charge in [-0.2, -0.15) is 5.11 Å². The van der Waals surface area contributed by atoms with Gasteiger partial charge >= 0.3 is 0 Å². The van der Waals surface area contributed by atoms with E-state index in [4.69, 9.17) is 0 Å². The van der Waals surface area contributed by atoms with Crippen molar-refractivity contribution in [2.45, 2.75) is 16.7 Å². The van der Waals surface area contributed by atoms with Crippen LogP contribution in [0.15, 0.2) is 98.9 Å². The van der Waals surface area contributed by atoms with Crippen LogP contribution in [0.3, 0.4) is 0 Å². The molecule has 0 spiro atoms. The Morgan fingerprint density at radius 3 is 2.12 bits per heavy atom. The van der Waals surface area contributed by atoms with Crippen LogP contribution in [0.2, 0.25) is 0 Å². The van der Waals surface area contributed by atoms with Gasteiger partial charge in [0.05, 0.1) is 26.9 Å². The Kier molecular flexibility index (Phi) is 6.11. The van der Waals surface area contributed by atoms with Crippen molar-refractivity contribution in [1.82, 2.24) is 0 Å². The SMILES string of the molecule is Cc1cc(S(C)(=O)=O)ccc1N=Nc1ccc(O)c2cccc(NS(=O)(=O)c3ccccc3)c12. The highest BCUT2D eigenvalue weighted by Gasteiger charge is 2.18. The molecule has 0 unspecified atom stereocenters. The molecule has 0 aliphatic rings. The molecule has 0 heterocycles. The molecule has 4 aromatic carbocycles. The van der Waals surface area contributed by atoms with Gasteiger partial charge in [0.15, 0.2) is 9.84 Å². The lowest BCUT2D eigenvalue weighted by Gasteiger charge is -2.13. The van der Waals surface area contributed by atoms with Crippen LogP contribution in [0.1, 0.15) is 5.56 Å². The van der Waals surface area contributed by atoms with E-state index in [2.05, 4.69) is 15.0 Å². The number of hydrogen-bond acceptors (Lipinski definition) is 7. The molecule has 0 bridgehead atoms. The molecule has 0 saturated heterocycles. The minimum absolute atomic E-state index is 0.0385. The van der Waals surface area contributed by atoms with Crippen molar-refractivity contribution in [3.8, 4) is 5.75 Å². The van der Waals surface area contributed by atoms with E-state index in [0.717, 1.165) is 6.26 Å². The molecule has 0 radical (unpaired) electrons. The van der Waals surface area contributed by atoms with Crippen molar-refractivity contribution in [2.75, 3.05) is 11.0 Å². The molecule has 10 heteroatoms. The van der Waals surface area contributed by atoms with Gasteiger partial charge in [-0.05, 0) is 61.0 Å². The average molecular weight is 496 g/mol. The second kappa shape index (κ2) is 8.88. The van der Waals surface area contributed by atoms with Crippen molar-refractivity contribution in [3.63, 3.8) is 0 Å². The number of aryl methyl sites for hydroxylation is 1. The number of azo groups is 1. The van der Waals surface area contributed by atoms with Gasteiger partial charge in [-0.1, -0.05) is 30.3 Å². The first-order chi connectivity index (χ1) is 16.1. The first kappa shape index (κ1) is 23.4. The van der Waals surface area contributed by atoms with E-state index in [-0.39, 0.29) is 21.2 Å². The standard InChI is InChI=1S/C24H21N3O5S2/c1-16-15-18(33(2,29)30)11-12-20(16)25-26-21-13-14-23(28)19-9-6-10-22(24(19)21)27-34(31,32)17-7-4-3-5-8-17/h3-15,27-28H,1-2H3. The number of sulfonamides is 1. The topological polar surface area (TPSA) is 125 Å². The molecule has 4 aromatic rings. The average Bonchev–Trinajstić information content (AvgIpc) is 2.79. The van der Waals surface area contributed by atoms with Crippen molar-refractivity contribution < 1.29 is 21.9 Å². The summed E-state index contributed by atoms with van der Waals surface area (Å²) < 4.78 is 51.9. The van der Waals surface area contributed by atoms with Gasteiger partial charge in [-0.25, -0.2) is 16.8 Å². The summed E-state index contributed by atoms with van der Waals surface area (Å²) in [7, 11) is -7.24. The van der Waals surface area contributed by atoms with Crippen molar-refractivity contribution in [1.29, 1.82) is 0 Å². The molecule has 8 nitrogen and oxygen atoms in total. The Morgan fingerprint density at radius 2 is 1.44 bits per heavy atom. The zero-order valence-corrected chi connectivity index (χ0v) is 19.9. The monoisotopic (exact) mass is 495 g/mol. The Labute approximate surface area is 197 Å². The molecule has 0 fully saturated rings. The van der Waals surface area contributed by atoms with Gasteiger partial charge in [-0.3, -0.25) is 4.72 Å². The smallest absolute Gasteiger partial charge is 0.261 e. The van der Waals surface area contributed by atoms with E-state index in [1.54, 1.807) is 49.4 Å². The summed E-state index contributed by atoms with van der Waals surface area (Å²) >= 11 is 0. The highest BCUT2D eigenvalue weighted by Crippen LogP contribution is 2.39. The first-order valence-electron chi connectivity index (χ1n) is 10.1. The lowest BCUT2D eigenvalue weighted by molar-refractivity contribution is 0.481. The molecule has 174 valence electrons. The number of nitrogens with zero attached hydrogens (tertiary/aromatic N) is 2. The maximum atomic E-state index is 12.9. The fourth-order valence-electron chi connectivity index (χ4n) is 3.42. The molecule has 0 atom stereocenters. The zero-order chi connectivity index (χ0) is 24.5. The van der Waals surface area contributed by atoms with Crippen molar-refractivity contribution in [3.05, 3.63) is 84.4 Å². The molecular formula is C24H21N3O5S2. The number of aromatic hydroxyl groups is 1. The van der Waals surface area contributed by atoms with Crippen LogP contribution in [0.25, 0.3) is 10.8 Å². The maximum Gasteiger partial charge on any atom is 0.261 e. The van der Waals surface area contributed by atoms with Gasteiger partial charge in [0.25, 0.3) is 10.0 Å². The second-order valence-electron chi connectivity index (χ2n) is 7.67. The van der Waals surface area contributed by atoms with Crippen molar-refractivity contribution in [2.24, 2.45) is 10.2 Å². The number of sulfone groups is 1. The van der Waals surface area contributed by atoms with Crippen LogP contribution >= 0.6 is 0 Å². The quantitative estimate of drug-likeness (QED) is 0.343. The zero-order valence-electron chi connectivity index (χ0n) is 18.3. The van der Waals surface area contributed by atoms with Crippen molar-refractivity contribution >= 4 is 47.7 Å². The van der Waals surface area contributed by atoms with Gasteiger partial charge < -0.3 is 5.11 Å². The van der Waals surface area contributed by atoms with Gasteiger partial charge in [0.1, 0.15) is 5.75 Å². The summed E-state index contributed by atoms with van der Waals surface area (Å²) in [5.41, 5.74) is 1.62. The van der Waals surface area contributed by atoms with Crippen LogP contribution in [-0.2, 0) is 19.9 Å². The predicted octanol–water partition coefficient (Wildman–Crippen LogP) is 5.47. The molecule has 0 aliphatic carbocycles. The van der Waals surface area contributed by atoms with Gasteiger partial charge in [0.2, 0.25) is 0 Å². The van der Waals surface area contributed by atoms with Crippen LogP contribution in [0, 0.1) is 6.92 Å². The summed E-state index contributed by atoms with van der Waals surface area (Å²) in [6, 6.07) is 20.3. The van der Waals surface area contributed by atoms with Crippen LogP contribution in [0.4, 0.5) is 17.1 Å². The maximum absolute atomic E-state index is 12.9. The summed E-state index contributed by atoms with van der Waals surface area (Å²) in [6.07, 6.45) is 1.13. The fraction of sp³-hybridized carbons (Fsp3) is 0.0833. The van der Waals surface area contributed by atoms with E-state index in [9.17, 15) is 21.9 Å². The molecule has 0 saturated carbocycles. The number of phenols is 1. The Balaban J connectivity index is 1.80. The molecule has 0 aromatic heterocycles. The van der Waals surface area contributed by atoms with E-state index in [0.29, 0.717) is 27.7 Å². The number of rotatable bonds is 6. The first-order valence-corrected chi connectivity index (χ1v) is 13.5. The van der Waals surface area contributed by atoms with Gasteiger partial charge in [0, 0.05) is 17.0 Å². The highest BCUT2D eigenvalue weighted by atomic mass is 32.2. The minimum atomic E-state index is -3.89. The number of anilines is 1. The Bertz CT molecular complexity index is 1630. The Morgan fingerprint density at radius 1 is 0.765 bits per heavy atom. The van der Waals surface area contributed by atoms with E-state index in [1.165, 1.54) is 36.4 Å². The van der Waals surface area contributed by atoms with Crippen LogP contribution in [0.5, 0.6) is 5.75 Å². The molecule has 0 amide bonds. The fourth-order valence-corrected chi connectivity index (χ4v) is 5.22. The molecule has 2 N–H and O–H groups in total. The van der Waals surface area contributed by atoms with Crippen LogP contribution < -0.4 is 4.72 Å². The van der Waals surface area contributed by atoms with Crippen LogP contribution in [-0.4, -0.2) is 28.2 Å². The number of nitrogens with one attached hydrogen (secondary N) is 1. The highest BCUT2D eigenvalue weighted by molar-refractivity contribution is 7.92. The Hall–Kier alpha value is -3.76. The third-order valence-corrected chi connectivity index (χ3v) is 7.65. The third-order valence-electron chi connectivity index (χ3n) is 5.16. The molecule has 0 aliphatic heterocycles. The number of fused-ring (bicyclic) bond motifs is 1. The summed E-state index contributed by atoms with van der Waals surface area (Å²) in [5.74, 6) is -0.0385. The largest absolute Gasteiger partial charge is 0.507 e. The lowest BCUT2D eigenvalue weighted by atomic mass is 10.1. The molecule has 4 rings (SSSR count). The molecule has 34 heavy (non-hydrogen) atoms. The van der Waals surface area contributed by atoms with E-state index < -0.39 is 19.9 Å².